The van der Waals surface area contributed by atoms with Crippen molar-refractivity contribution in [1.82, 2.24) is 19.4 Å². The highest BCUT2D eigenvalue weighted by molar-refractivity contribution is 6.33. The fourth-order valence-corrected chi connectivity index (χ4v) is 3.75. The van der Waals surface area contributed by atoms with Crippen molar-refractivity contribution in [1.29, 1.82) is 0 Å². The van der Waals surface area contributed by atoms with Crippen LogP contribution in [0.25, 0.3) is 22.6 Å². The van der Waals surface area contributed by atoms with Gasteiger partial charge in [-0.1, -0.05) is 36.6 Å². The van der Waals surface area contributed by atoms with Gasteiger partial charge >= 0.3 is 0 Å². The van der Waals surface area contributed by atoms with Gasteiger partial charge in [-0.05, 0) is 31.0 Å². The molecule has 0 atom stereocenters. The molecule has 134 valence electrons. The van der Waals surface area contributed by atoms with Crippen LogP contribution in [0.2, 0.25) is 5.02 Å². The van der Waals surface area contributed by atoms with Crippen LogP contribution in [0.5, 0.6) is 0 Å². The van der Waals surface area contributed by atoms with E-state index in [0.29, 0.717) is 16.1 Å². The summed E-state index contributed by atoms with van der Waals surface area (Å²) in [5.41, 5.74) is 2.91. The molecular formula is C20H21ClN4O. The van der Waals surface area contributed by atoms with E-state index >= 15 is 0 Å². The molecule has 2 aromatic heterocycles. The summed E-state index contributed by atoms with van der Waals surface area (Å²) >= 11 is 6.32. The van der Waals surface area contributed by atoms with E-state index in [1.165, 1.54) is 12.8 Å². The Kier molecular flexibility index (Phi) is 4.64. The number of aromatic nitrogens is 3. The van der Waals surface area contributed by atoms with Gasteiger partial charge in [0.15, 0.2) is 5.65 Å². The summed E-state index contributed by atoms with van der Waals surface area (Å²) in [5.74, 6) is 0.795. The van der Waals surface area contributed by atoms with Gasteiger partial charge in [0.2, 0.25) is 0 Å². The van der Waals surface area contributed by atoms with E-state index < -0.39 is 0 Å². The molecule has 0 aliphatic carbocycles. The number of nitrogens with zero attached hydrogens (tertiary/aromatic N) is 4. The maximum absolute atomic E-state index is 12.8. The third-order valence-electron chi connectivity index (χ3n) is 4.96. The van der Waals surface area contributed by atoms with E-state index in [1.54, 1.807) is 6.20 Å². The smallest absolute Gasteiger partial charge is 0.255 e. The second kappa shape index (κ2) is 7.08. The standard InChI is InChI=1S/C20H21ClN4O/c1-24-18(15-8-4-5-9-16(15)21)23-17-12-14(13-22-19(17)24)20(26)25-10-6-2-3-7-11-25/h4-5,8-9,12-13H,2-3,6-7,10-11H2,1H3. The Bertz CT molecular complexity index is 958. The zero-order valence-corrected chi connectivity index (χ0v) is 15.5. The summed E-state index contributed by atoms with van der Waals surface area (Å²) in [6, 6.07) is 9.45. The Morgan fingerprint density at radius 3 is 2.58 bits per heavy atom. The quantitative estimate of drug-likeness (QED) is 0.677. The average Bonchev–Trinajstić information content (AvgIpc) is 2.83. The molecule has 0 radical (unpaired) electrons. The first kappa shape index (κ1) is 17.0. The number of pyridine rings is 1. The first-order valence-electron chi connectivity index (χ1n) is 9.02. The molecule has 1 fully saturated rings. The summed E-state index contributed by atoms with van der Waals surface area (Å²) in [6.45, 7) is 1.65. The number of imidazole rings is 1. The summed E-state index contributed by atoms with van der Waals surface area (Å²) < 4.78 is 1.91. The summed E-state index contributed by atoms with van der Waals surface area (Å²) in [4.78, 5) is 24.0. The summed E-state index contributed by atoms with van der Waals surface area (Å²) in [6.07, 6.45) is 6.20. The molecule has 1 aromatic carbocycles. The van der Waals surface area contributed by atoms with Gasteiger partial charge in [0.05, 0.1) is 10.6 Å². The van der Waals surface area contributed by atoms with Crippen molar-refractivity contribution < 1.29 is 4.79 Å². The van der Waals surface area contributed by atoms with Gasteiger partial charge in [-0.3, -0.25) is 4.79 Å². The monoisotopic (exact) mass is 368 g/mol. The molecule has 0 saturated carbocycles. The van der Waals surface area contributed by atoms with Crippen LogP contribution in [0.1, 0.15) is 36.0 Å². The van der Waals surface area contributed by atoms with Gasteiger partial charge < -0.3 is 9.47 Å². The van der Waals surface area contributed by atoms with Crippen LogP contribution in [0, 0.1) is 0 Å². The van der Waals surface area contributed by atoms with Crippen molar-refractivity contribution in [2.45, 2.75) is 25.7 Å². The van der Waals surface area contributed by atoms with Crippen LogP contribution in [0.15, 0.2) is 36.5 Å². The lowest BCUT2D eigenvalue weighted by molar-refractivity contribution is 0.0761. The fraction of sp³-hybridized carbons (Fsp3) is 0.350. The van der Waals surface area contributed by atoms with Crippen molar-refractivity contribution in [3.8, 4) is 11.4 Å². The van der Waals surface area contributed by atoms with Crippen molar-refractivity contribution in [2.24, 2.45) is 7.05 Å². The molecule has 1 aliphatic rings. The largest absolute Gasteiger partial charge is 0.339 e. The summed E-state index contributed by atoms with van der Waals surface area (Å²) in [7, 11) is 1.91. The molecule has 4 rings (SSSR count). The molecule has 3 heterocycles. The third kappa shape index (κ3) is 3.07. The van der Waals surface area contributed by atoms with Crippen LogP contribution in [-0.4, -0.2) is 38.4 Å². The molecule has 0 spiro atoms. The molecule has 1 aliphatic heterocycles. The Morgan fingerprint density at radius 1 is 1.12 bits per heavy atom. The molecule has 6 heteroatoms. The minimum atomic E-state index is 0.0475. The van der Waals surface area contributed by atoms with Crippen LogP contribution >= 0.6 is 11.6 Å². The summed E-state index contributed by atoms with van der Waals surface area (Å²) in [5, 5.41) is 0.645. The van der Waals surface area contributed by atoms with Crippen LogP contribution in [0.3, 0.4) is 0 Å². The second-order valence-corrected chi connectivity index (χ2v) is 7.15. The number of hydrogen-bond acceptors (Lipinski definition) is 3. The van der Waals surface area contributed by atoms with E-state index in [1.807, 2.05) is 46.8 Å². The number of carbonyl (C=O) groups is 1. The molecule has 0 N–H and O–H groups in total. The number of amides is 1. The lowest BCUT2D eigenvalue weighted by Gasteiger charge is -2.20. The molecule has 0 unspecified atom stereocenters. The van der Waals surface area contributed by atoms with Gasteiger partial charge in [-0.2, -0.15) is 0 Å². The second-order valence-electron chi connectivity index (χ2n) is 6.75. The highest BCUT2D eigenvalue weighted by Gasteiger charge is 2.20. The van der Waals surface area contributed by atoms with Crippen molar-refractivity contribution in [2.75, 3.05) is 13.1 Å². The maximum Gasteiger partial charge on any atom is 0.255 e. The van der Waals surface area contributed by atoms with E-state index in [0.717, 1.165) is 43.0 Å². The minimum absolute atomic E-state index is 0.0475. The molecule has 1 amide bonds. The number of rotatable bonds is 2. The fourth-order valence-electron chi connectivity index (χ4n) is 3.53. The zero-order valence-electron chi connectivity index (χ0n) is 14.8. The number of aryl methyl sites for hydroxylation is 1. The van der Waals surface area contributed by atoms with Crippen LogP contribution in [0.4, 0.5) is 0 Å². The number of halogens is 1. The van der Waals surface area contributed by atoms with E-state index in [-0.39, 0.29) is 5.91 Å². The highest BCUT2D eigenvalue weighted by atomic mass is 35.5. The number of likely N-dealkylation sites (tertiary alicyclic amines) is 1. The van der Waals surface area contributed by atoms with E-state index in [9.17, 15) is 4.79 Å². The predicted octanol–water partition coefficient (Wildman–Crippen LogP) is 4.30. The zero-order chi connectivity index (χ0) is 18.1. The topological polar surface area (TPSA) is 51.0 Å². The van der Waals surface area contributed by atoms with E-state index in [4.69, 9.17) is 16.6 Å². The lowest BCUT2D eigenvalue weighted by atomic mass is 10.2. The maximum atomic E-state index is 12.8. The first-order chi connectivity index (χ1) is 12.6. The van der Waals surface area contributed by atoms with Gasteiger partial charge in [0, 0.05) is 31.9 Å². The van der Waals surface area contributed by atoms with Crippen LogP contribution in [-0.2, 0) is 7.05 Å². The lowest BCUT2D eigenvalue weighted by Crippen LogP contribution is -2.31. The van der Waals surface area contributed by atoms with Gasteiger partial charge in [-0.25, -0.2) is 9.97 Å². The molecule has 5 nitrogen and oxygen atoms in total. The third-order valence-corrected chi connectivity index (χ3v) is 5.29. The Hall–Kier alpha value is -2.40. The van der Waals surface area contributed by atoms with Gasteiger partial charge in [0.1, 0.15) is 11.3 Å². The molecule has 26 heavy (non-hydrogen) atoms. The normalized spacial score (nSPS) is 15.2. The number of hydrogen-bond donors (Lipinski definition) is 0. The molecule has 0 bridgehead atoms. The van der Waals surface area contributed by atoms with E-state index in [2.05, 4.69) is 4.98 Å². The minimum Gasteiger partial charge on any atom is -0.339 e. The first-order valence-corrected chi connectivity index (χ1v) is 9.39. The average molecular weight is 369 g/mol. The number of fused-ring (bicyclic) bond motifs is 1. The SMILES string of the molecule is Cn1c(-c2ccccc2Cl)nc2cc(C(=O)N3CCCCCC3)cnc21. The number of benzene rings is 1. The Morgan fingerprint density at radius 2 is 1.85 bits per heavy atom. The van der Waals surface area contributed by atoms with Crippen LogP contribution < -0.4 is 0 Å². The van der Waals surface area contributed by atoms with Gasteiger partial charge in [-0.15, -0.1) is 0 Å². The molecule has 1 saturated heterocycles. The molecular weight excluding hydrogens is 348 g/mol. The Labute approximate surface area is 157 Å². The van der Waals surface area contributed by atoms with Crippen molar-refractivity contribution in [3.05, 3.63) is 47.1 Å². The van der Waals surface area contributed by atoms with Crippen molar-refractivity contribution in [3.63, 3.8) is 0 Å². The van der Waals surface area contributed by atoms with Crippen molar-refractivity contribution >= 4 is 28.7 Å². The highest BCUT2D eigenvalue weighted by Crippen LogP contribution is 2.29. The molecule has 3 aromatic rings. The predicted molar refractivity (Wildman–Crippen MR) is 103 cm³/mol. The van der Waals surface area contributed by atoms with Gasteiger partial charge in [0.25, 0.3) is 5.91 Å². The Balaban J connectivity index is 1.72. The number of carbonyl (C=O) groups excluding carboxylic acids is 1.